The number of ketones is 1. The van der Waals surface area contributed by atoms with E-state index in [1.165, 1.54) is 6.92 Å². The van der Waals surface area contributed by atoms with Crippen LogP contribution < -0.4 is 10.2 Å². The van der Waals surface area contributed by atoms with Crippen LogP contribution in [0.5, 0.6) is 0 Å². The van der Waals surface area contributed by atoms with Crippen molar-refractivity contribution < 1.29 is 9.59 Å². The summed E-state index contributed by atoms with van der Waals surface area (Å²) in [6.07, 6.45) is 1.56. The van der Waals surface area contributed by atoms with Crippen molar-refractivity contribution in [1.82, 2.24) is 5.32 Å². The summed E-state index contributed by atoms with van der Waals surface area (Å²) in [6, 6.07) is 7.87. The van der Waals surface area contributed by atoms with Gasteiger partial charge in [0.15, 0.2) is 0 Å². The van der Waals surface area contributed by atoms with Crippen LogP contribution in [0.4, 0.5) is 11.4 Å². The van der Waals surface area contributed by atoms with Gasteiger partial charge in [-0.1, -0.05) is 11.6 Å². The summed E-state index contributed by atoms with van der Waals surface area (Å²) in [5.41, 5.74) is 3.18. The Morgan fingerprint density at radius 2 is 1.80 bits per heavy atom. The first-order chi connectivity index (χ1) is 11.9. The maximum absolute atomic E-state index is 12.1. The third kappa shape index (κ3) is 4.37. The van der Waals surface area contributed by atoms with E-state index in [0.29, 0.717) is 11.3 Å². The Balaban J connectivity index is 2.36. The van der Waals surface area contributed by atoms with Crippen LogP contribution in [0.3, 0.4) is 0 Å². The van der Waals surface area contributed by atoms with Gasteiger partial charge in [-0.05, 0) is 56.7 Å². The van der Waals surface area contributed by atoms with Crippen LogP contribution in [0.1, 0.15) is 27.7 Å². The molecule has 0 heterocycles. The van der Waals surface area contributed by atoms with Gasteiger partial charge in [0, 0.05) is 25.7 Å². The third-order valence-corrected chi connectivity index (χ3v) is 4.43. The predicted octanol–water partition coefficient (Wildman–Crippen LogP) is 3.72. The number of aliphatic imine (C=N–C) groups is 1. The van der Waals surface area contributed by atoms with Crippen molar-refractivity contribution >= 4 is 40.4 Å². The van der Waals surface area contributed by atoms with Crippen LogP contribution in [-0.4, -0.2) is 30.5 Å². The number of rotatable bonds is 5. The van der Waals surface area contributed by atoms with Crippen molar-refractivity contribution in [3.05, 3.63) is 46.6 Å². The first-order valence-electron chi connectivity index (χ1n) is 8.21. The van der Waals surface area contributed by atoms with E-state index in [2.05, 4.69) is 29.1 Å². The van der Waals surface area contributed by atoms with E-state index in [4.69, 9.17) is 11.6 Å². The number of halogens is 1. The zero-order valence-electron chi connectivity index (χ0n) is 14.9. The van der Waals surface area contributed by atoms with Crippen LogP contribution in [0.15, 0.2) is 51.6 Å². The number of carbonyl (C=O) groups is 2. The number of benzene rings is 1. The second-order valence-electron chi connectivity index (χ2n) is 5.69. The monoisotopic (exact) mass is 359 g/mol. The molecule has 0 radical (unpaired) electrons. The van der Waals surface area contributed by atoms with Crippen molar-refractivity contribution in [1.29, 1.82) is 0 Å². The van der Waals surface area contributed by atoms with E-state index in [0.717, 1.165) is 24.5 Å². The molecule has 0 aliphatic heterocycles. The second kappa shape index (κ2) is 8.12. The molecule has 0 saturated carbocycles. The van der Waals surface area contributed by atoms with Gasteiger partial charge >= 0.3 is 0 Å². The molecule has 1 aromatic rings. The molecular formula is C19H22ClN3O2. The fourth-order valence-electron chi connectivity index (χ4n) is 2.58. The van der Waals surface area contributed by atoms with E-state index in [1.54, 1.807) is 13.0 Å². The molecule has 6 heteroatoms. The first-order valence-corrected chi connectivity index (χ1v) is 8.59. The largest absolute Gasteiger partial charge is 0.372 e. The van der Waals surface area contributed by atoms with Gasteiger partial charge in [0.1, 0.15) is 0 Å². The summed E-state index contributed by atoms with van der Waals surface area (Å²) in [5, 5.41) is 2.58. The van der Waals surface area contributed by atoms with Crippen LogP contribution >= 0.6 is 11.6 Å². The molecule has 0 spiro atoms. The summed E-state index contributed by atoms with van der Waals surface area (Å²) >= 11 is 6.11. The number of nitrogens with one attached hydrogen (secondary N) is 1. The zero-order chi connectivity index (χ0) is 18.6. The molecule has 1 aliphatic rings. The molecule has 1 N–H and O–H groups in total. The second-order valence-corrected chi connectivity index (χ2v) is 6.07. The van der Waals surface area contributed by atoms with Gasteiger partial charge in [-0.15, -0.1) is 0 Å². The van der Waals surface area contributed by atoms with Crippen molar-refractivity contribution in [3.63, 3.8) is 0 Å². The summed E-state index contributed by atoms with van der Waals surface area (Å²) < 4.78 is 0. The SMILES string of the molecule is CCN(CC)c1ccc(N=C2C=C(NC(C)=O)C(=O)C(Cl)=C2C)cc1. The smallest absolute Gasteiger partial charge is 0.221 e. The van der Waals surface area contributed by atoms with Crippen LogP contribution in [0.2, 0.25) is 0 Å². The highest BCUT2D eigenvalue weighted by Gasteiger charge is 2.24. The molecule has 0 atom stereocenters. The molecule has 1 aliphatic carbocycles. The summed E-state index contributed by atoms with van der Waals surface area (Å²) in [5.74, 6) is -0.725. The number of nitrogens with zero attached hydrogens (tertiary/aromatic N) is 2. The number of hydrogen-bond acceptors (Lipinski definition) is 4. The highest BCUT2D eigenvalue weighted by Crippen LogP contribution is 2.25. The maximum atomic E-state index is 12.1. The Kier molecular flexibility index (Phi) is 6.15. The number of carbonyl (C=O) groups excluding carboxylic acids is 2. The quantitative estimate of drug-likeness (QED) is 0.815. The van der Waals surface area contributed by atoms with E-state index in [1.807, 2.05) is 24.3 Å². The number of Topliss-reactive ketones (excluding diaryl/α,β-unsaturated/α-hetero) is 1. The van der Waals surface area contributed by atoms with E-state index < -0.39 is 5.78 Å². The molecule has 1 aromatic carbocycles. The topological polar surface area (TPSA) is 61.8 Å². The average molecular weight is 360 g/mol. The molecule has 0 aromatic heterocycles. The minimum absolute atomic E-state index is 0.0739. The van der Waals surface area contributed by atoms with Gasteiger partial charge in [-0.2, -0.15) is 0 Å². The van der Waals surface area contributed by atoms with Crippen LogP contribution in [0.25, 0.3) is 0 Å². The lowest BCUT2D eigenvalue weighted by atomic mass is 10.0. The van der Waals surface area contributed by atoms with Gasteiger partial charge in [0.2, 0.25) is 11.7 Å². The molecule has 0 fully saturated rings. The van der Waals surface area contributed by atoms with E-state index in [-0.39, 0.29) is 16.6 Å². The summed E-state index contributed by atoms with van der Waals surface area (Å²) in [4.78, 5) is 30.2. The molecular weight excluding hydrogens is 338 g/mol. The van der Waals surface area contributed by atoms with Crippen molar-refractivity contribution in [3.8, 4) is 0 Å². The average Bonchev–Trinajstić information content (AvgIpc) is 2.59. The van der Waals surface area contributed by atoms with Crippen LogP contribution in [0, 0.1) is 0 Å². The Morgan fingerprint density at radius 1 is 1.20 bits per heavy atom. The van der Waals surface area contributed by atoms with Gasteiger partial charge in [0.05, 0.1) is 22.1 Å². The van der Waals surface area contributed by atoms with E-state index in [9.17, 15) is 9.59 Å². The lowest BCUT2D eigenvalue weighted by Gasteiger charge is -2.21. The molecule has 2 rings (SSSR count). The molecule has 0 unspecified atom stereocenters. The summed E-state index contributed by atoms with van der Waals surface area (Å²) in [6.45, 7) is 9.18. The Hall–Kier alpha value is -2.40. The molecule has 1 amide bonds. The zero-order valence-corrected chi connectivity index (χ0v) is 15.6. The highest BCUT2D eigenvalue weighted by atomic mass is 35.5. The molecule has 0 saturated heterocycles. The Morgan fingerprint density at radius 3 is 2.32 bits per heavy atom. The Bertz CT molecular complexity index is 772. The fourth-order valence-corrected chi connectivity index (χ4v) is 2.77. The van der Waals surface area contributed by atoms with Crippen molar-refractivity contribution in [2.24, 2.45) is 4.99 Å². The first kappa shape index (κ1) is 18.9. The van der Waals surface area contributed by atoms with Gasteiger partial charge in [-0.25, -0.2) is 4.99 Å². The van der Waals surface area contributed by atoms with Gasteiger partial charge < -0.3 is 10.2 Å². The van der Waals surface area contributed by atoms with Gasteiger partial charge in [-0.3, -0.25) is 9.59 Å². The predicted molar refractivity (Wildman–Crippen MR) is 103 cm³/mol. The lowest BCUT2D eigenvalue weighted by molar-refractivity contribution is -0.120. The minimum atomic E-state index is -0.398. The number of amides is 1. The van der Waals surface area contributed by atoms with Gasteiger partial charge in [0.25, 0.3) is 0 Å². The molecule has 5 nitrogen and oxygen atoms in total. The van der Waals surface area contributed by atoms with Crippen LogP contribution in [-0.2, 0) is 9.59 Å². The fraction of sp³-hybridized carbons (Fsp3) is 0.316. The highest BCUT2D eigenvalue weighted by molar-refractivity contribution is 6.49. The van der Waals surface area contributed by atoms with Crippen molar-refractivity contribution in [2.75, 3.05) is 18.0 Å². The number of allylic oxidation sites excluding steroid dienone is 3. The number of hydrogen-bond donors (Lipinski definition) is 1. The molecule has 132 valence electrons. The van der Waals surface area contributed by atoms with E-state index >= 15 is 0 Å². The maximum Gasteiger partial charge on any atom is 0.221 e. The standard InChI is InChI=1S/C19H22ClN3O2/c1-5-23(6-2)15-9-7-14(8-10-15)22-16-11-17(21-13(4)24)19(25)18(20)12(16)3/h7-11H,5-6H2,1-4H3,(H,21,24). The number of anilines is 1. The third-order valence-electron chi connectivity index (χ3n) is 3.98. The summed E-state index contributed by atoms with van der Waals surface area (Å²) in [7, 11) is 0. The lowest BCUT2D eigenvalue weighted by Crippen LogP contribution is -2.29. The molecule has 25 heavy (non-hydrogen) atoms. The normalized spacial score (nSPS) is 16.1. The molecule has 0 bridgehead atoms. The minimum Gasteiger partial charge on any atom is -0.372 e. The Labute approximate surface area is 153 Å². The van der Waals surface area contributed by atoms with Crippen molar-refractivity contribution in [2.45, 2.75) is 27.7 Å².